The van der Waals surface area contributed by atoms with Crippen LogP contribution in [0.3, 0.4) is 0 Å². The number of phenols is 1. The summed E-state index contributed by atoms with van der Waals surface area (Å²) in [6.07, 6.45) is 2.32. The molecule has 1 fully saturated rings. The van der Waals surface area contributed by atoms with Gasteiger partial charge in [0.15, 0.2) is 0 Å². The number of esters is 1. The molecule has 1 aromatic carbocycles. The highest BCUT2D eigenvalue weighted by atomic mass is 16.5. The predicted molar refractivity (Wildman–Crippen MR) is 63.9 cm³/mol. The molecule has 0 aliphatic heterocycles. The molecule has 0 radical (unpaired) electrons. The Hall–Kier alpha value is -1.55. The molecule has 17 heavy (non-hydrogen) atoms. The van der Waals surface area contributed by atoms with Gasteiger partial charge < -0.3 is 15.2 Å². The van der Waals surface area contributed by atoms with Gasteiger partial charge in [0.2, 0.25) is 0 Å². The van der Waals surface area contributed by atoms with E-state index >= 15 is 0 Å². The Morgan fingerprint density at radius 3 is 2.82 bits per heavy atom. The van der Waals surface area contributed by atoms with Crippen molar-refractivity contribution >= 4 is 5.97 Å². The van der Waals surface area contributed by atoms with E-state index in [2.05, 4.69) is 5.32 Å². The molecule has 0 bridgehead atoms. The van der Waals surface area contributed by atoms with Crippen molar-refractivity contribution in [3.63, 3.8) is 0 Å². The highest BCUT2D eigenvalue weighted by Crippen LogP contribution is 2.27. The second-order valence-corrected chi connectivity index (χ2v) is 4.32. The molecule has 0 saturated heterocycles. The van der Waals surface area contributed by atoms with E-state index in [1.807, 2.05) is 6.07 Å². The number of hydrogen-bond acceptors (Lipinski definition) is 4. The number of aromatic hydroxyl groups is 1. The molecule has 0 heterocycles. The molecular formula is C13H17NO3. The van der Waals surface area contributed by atoms with E-state index < -0.39 is 5.92 Å². The van der Waals surface area contributed by atoms with Gasteiger partial charge in [0.1, 0.15) is 5.75 Å². The third kappa shape index (κ3) is 2.97. The van der Waals surface area contributed by atoms with Crippen molar-refractivity contribution in [2.45, 2.75) is 24.8 Å². The van der Waals surface area contributed by atoms with Crippen molar-refractivity contribution < 1.29 is 14.6 Å². The number of para-hydroxylation sites is 1. The fourth-order valence-electron chi connectivity index (χ4n) is 1.82. The van der Waals surface area contributed by atoms with Gasteiger partial charge in [-0.3, -0.25) is 4.79 Å². The van der Waals surface area contributed by atoms with Gasteiger partial charge in [0.25, 0.3) is 0 Å². The van der Waals surface area contributed by atoms with Crippen molar-refractivity contribution in [1.82, 2.24) is 5.32 Å². The Morgan fingerprint density at radius 1 is 1.53 bits per heavy atom. The van der Waals surface area contributed by atoms with Crippen molar-refractivity contribution in [1.29, 1.82) is 0 Å². The second-order valence-electron chi connectivity index (χ2n) is 4.32. The van der Waals surface area contributed by atoms with Crippen molar-refractivity contribution in [3.05, 3.63) is 29.8 Å². The average Bonchev–Trinajstić information content (AvgIpc) is 3.15. The molecular weight excluding hydrogens is 218 g/mol. The Labute approximate surface area is 101 Å². The zero-order valence-electron chi connectivity index (χ0n) is 9.85. The molecule has 1 aromatic rings. The standard InChI is InChI=1S/C13H17NO3/c1-17-13(16)11(8-14-9-6-7-9)10-4-2-3-5-12(10)15/h2-5,9,11,14-15H,6-8H2,1H3. The Kier molecular flexibility index (Phi) is 3.64. The van der Waals surface area contributed by atoms with Crippen LogP contribution in [0, 0.1) is 0 Å². The number of phenolic OH excluding ortho intramolecular Hbond substituents is 1. The molecule has 0 amide bonds. The van der Waals surface area contributed by atoms with E-state index in [9.17, 15) is 9.90 Å². The van der Waals surface area contributed by atoms with Gasteiger partial charge in [-0.25, -0.2) is 0 Å². The lowest BCUT2D eigenvalue weighted by Gasteiger charge is -2.16. The maximum Gasteiger partial charge on any atom is 0.314 e. The quantitative estimate of drug-likeness (QED) is 0.757. The molecule has 0 aromatic heterocycles. The molecule has 1 aliphatic carbocycles. The number of hydrogen-bond donors (Lipinski definition) is 2. The lowest BCUT2D eigenvalue weighted by molar-refractivity contribution is -0.142. The molecule has 2 N–H and O–H groups in total. The molecule has 0 spiro atoms. The first kappa shape index (κ1) is 11.9. The SMILES string of the molecule is COC(=O)C(CNC1CC1)c1ccccc1O. The number of carbonyl (C=O) groups excluding carboxylic acids is 1. The minimum atomic E-state index is -0.443. The van der Waals surface area contributed by atoms with Gasteiger partial charge >= 0.3 is 5.97 Å². The monoisotopic (exact) mass is 235 g/mol. The average molecular weight is 235 g/mol. The van der Waals surface area contributed by atoms with Gasteiger partial charge in [-0.2, -0.15) is 0 Å². The van der Waals surface area contributed by atoms with Crippen molar-refractivity contribution in [2.24, 2.45) is 0 Å². The summed E-state index contributed by atoms with van der Waals surface area (Å²) in [5.41, 5.74) is 0.618. The summed E-state index contributed by atoms with van der Waals surface area (Å²) in [5.74, 6) is -0.623. The zero-order chi connectivity index (χ0) is 12.3. The minimum absolute atomic E-state index is 0.139. The molecule has 1 aliphatic rings. The summed E-state index contributed by atoms with van der Waals surface area (Å²) < 4.78 is 4.78. The first-order valence-electron chi connectivity index (χ1n) is 5.81. The Morgan fingerprint density at radius 2 is 2.24 bits per heavy atom. The molecule has 1 unspecified atom stereocenters. The summed E-state index contributed by atoms with van der Waals surface area (Å²) in [6.45, 7) is 0.509. The van der Waals surface area contributed by atoms with Crippen molar-refractivity contribution in [3.8, 4) is 5.75 Å². The Bertz CT molecular complexity index is 401. The van der Waals surface area contributed by atoms with E-state index in [0.717, 1.165) is 12.8 Å². The number of benzene rings is 1. The van der Waals surface area contributed by atoms with Gasteiger partial charge in [0.05, 0.1) is 13.0 Å². The molecule has 4 nitrogen and oxygen atoms in total. The van der Waals surface area contributed by atoms with E-state index in [0.29, 0.717) is 18.2 Å². The van der Waals surface area contributed by atoms with E-state index in [4.69, 9.17) is 4.74 Å². The molecule has 92 valence electrons. The third-order valence-electron chi connectivity index (χ3n) is 2.99. The van der Waals surface area contributed by atoms with Crippen LogP contribution in [0.1, 0.15) is 24.3 Å². The summed E-state index contributed by atoms with van der Waals surface area (Å²) >= 11 is 0. The van der Waals surface area contributed by atoms with Crippen molar-refractivity contribution in [2.75, 3.05) is 13.7 Å². The fraction of sp³-hybridized carbons (Fsp3) is 0.462. The summed E-state index contributed by atoms with van der Waals surface area (Å²) in [5, 5.41) is 13.1. The van der Waals surface area contributed by atoms with Gasteiger partial charge in [-0.05, 0) is 18.9 Å². The third-order valence-corrected chi connectivity index (χ3v) is 2.99. The summed E-state index contributed by atoms with van der Waals surface area (Å²) in [6, 6.07) is 7.41. The lowest BCUT2D eigenvalue weighted by atomic mass is 9.98. The van der Waals surface area contributed by atoms with E-state index in [1.165, 1.54) is 7.11 Å². The molecule has 1 atom stereocenters. The van der Waals surface area contributed by atoms with Crippen LogP contribution in [0.25, 0.3) is 0 Å². The Balaban J connectivity index is 2.13. The van der Waals surface area contributed by atoms with Gasteiger partial charge in [-0.1, -0.05) is 18.2 Å². The van der Waals surface area contributed by atoms with Crippen LogP contribution in [0.4, 0.5) is 0 Å². The molecule has 4 heteroatoms. The van der Waals surface area contributed by atoms with Crippen LogP contribution in [0.5, 0.6) is 5.75 Å². The van der Waals surface area contributed by atoms with Crippen LogP contribution in [-0.4, -0.2) is 30.8 Å². The number of rotatable bonds is 5. The zero-order valence-corrected chi connectivity index (χ0v) is 9.85. The first-order valence-corrected chi connectivity index (χ1v) is 5.81. The summed E-state index contributed by atoms with van der Waals surface area (Å²) in [7, 11) is 1.37. The maximum atomic E-state index is 11.7. The number of methoxy groups -OCH3 is 1. The summed E-state index contributed by atoms with van der Waals surface area (Å²) in [4.78, 5) is 11.7. The smallest absolute Gasteiger partial charge is 0.314 e. The molecule has 2 rings (SSSR count). The van der Waals surface area contributed by atoms with Gasteiger partial charge in [0, 0.05) is 18.2 Å². The largest absolute Gasteiger partial charge is 0.508 e. The highest BCUT2D eigenvalue weighted by Gasteiger charge is 2.27. The number of carbonyl (C=O) groups is 1. The predicted octanol–water partition coefficient (Wildman–Crippen LogP) is 1.40. The van der Waals surface area contributed by atoms with Crippen LogP contribution in [-0.2, 0) is 9.53 Å². The van der Waals surface area contributed by atoms with Crippen LogP contribution in [0.2, 0.25) is 0 Å². The van der Waals surface area contributed by atoms with Gasteiger partial charge in [-0.15, -0.1) is 0 Å². The normalized spacial score (nSPS) is 16.5. The number of nitrogens with one attached hydrogen (secondary N) is 1. The number of ether oxygens (including phenoxy) is 1. The van der Waals surface area contributed by atoms with E-state index in [1.54, 1.807) is 18.2 Å². The highest BCUT2D eigenvalue weighted by molar-refractivity contribution is 5.79. The maximum absolute atomic E-state index is 11.7. The van der Waals surface area contributed by atoms with Crippen LogP contribution < -0.4 is 5.32 Å². The molecule has 1 saturated carbocycles. The van der Waals surface area contributed by atoms with Crippen LogP contribution >= 0.6 is 0 Å². The first-order chi connectivity index (χ1) is 8.22. The topological polar surface area (TPSA) is 58.6 Å². The fourth-order valence-corrected chi connectivity index (χ4v) is 1.82. The lowest BCUT2D eigenvalue weighted by Crippen LogP contribution is -2.29. The van der Waals surface area contributed by atoms with Crippen LogP contribution in [0.15, 0.2) is 24.3 Å². The second kappa shape index (κ2) is 5.19. The minimum Gasteiger partial charge on any atom is -0.508 e. The van der Waals surface area contributed by atoms with E-state index in [-0.39, 0.29) is 11.7 Å².